The van der Waals surface area contributed by atoms with Crippen LogP contribution in [0.1, 0.15) is 34.1 Å². The lowest BCUT2D eigenvalue weighted by atomic mass is 10.5. The molecule has 4 nitrogen and oxygen atoms in total. The van der Waals surface area contributed by atoms with Crippen molar-refractivity contribution in [3.63, 3.8) is 0 Å². The summed E-state index contributed by atoms with van der Waals surface area (Å²) in [6.07, 6.45) is 0.834. The number of thiocarbonyl (C=S) groups is 1. The minimum atomic E-state index is -2.49. The smallest absolute Gasteiger partial charge is 0.487 e. The van der Waals surface area contributed by atoms with E-state index in [1.807, 2.05) is 20.8 Å². The molecule has 17 heavy (non-hydrogen) atoms. The summed E-state index contributed by atoms with van der Waals surface area (Å²) in [7, 11) is -2.49. The summed E-state index contributed by atoms with van der Waals surface area (Å²) < 4.78 is 22.4. The largest absolute Gasteiger partial charge is 0.501 e. The standard InChI is InChI=1S/C11H24O4SSi/c1-5-13-17(14-6-2,15-7-3)10-8-9-12-11(4)16/h5-10H2,1-4H3. The topological polar surface area (TPSA) is 36.9 Å². The highest BCUT2D eigenvalue weighted by molar-refractivity contribution is 7.80. The van der Waals surface area contributed by atoms with Crippen molar-refractivity contribution in [3.05, 3.63) is 0 Å². The van der Waals surface area contributed by atoms with Crippen LogP contribution in [0.3, 0.4) is 0 Å². The molecule has 0 aliphatic carbocycles. The van der Waals surface area contributed by atoms with Crippen molar-refractivity contribution < 1.29 is 18.0 Å². The van der Waals surface area contributed by atoms with Crippen molar-refractivity contribution in [3.8, 4) is 0 Å². The highest BCUT2D eigenvalue weighted by atomic mass is 32.1. The van der Waals surface area contributed by atoms with E-state index in [4.69, 9.17) is 30.2 Å². The maximum atomic E-state index is 5.72. The normalized spacial score (nSPS) is 11.5. The minimum Gasteiger partial charge on any atom is -0.487 e. The van der Waals surface area contributed by atoms with Crippen LogP contribution in [0.4, 0.5) is 0 Å². The van der Waals surface area contributed by atoms with E-state index in [9.17, 15) is 0 Å². The predicted octanol–water partition coefficient (Wildman–Crippen LogP) is 2.79. The fourth-order valence-electron chi connectivity index (χ4n) is 1.51. The predicted molar refractivity (Wildman–Crippen MR) is 74.3 cm³/mol. The van der Waals surface area contributed by atoms with E-state index in [0.717, 1.165) is 12.5 Å². The fraction of sp³-hybridized carbons (Fsp3) is 0.909. The SMILES string of the molecule is CCO[Si](CCCOC(C)=S)(OCC)OCC. The third-order valence-electron chi connectivity index (χ3n) is 2.03. The van der Waals surface area contributed by atoms with Crippen molar-refractivity contribution in [1.82, 2.24) is 0 Å². The molecule has 102 valence electrons. The third-order valence-corrected chi connectivity index (χ3v) is 5.29. The number of hydrogen-bond donors (Lipinski definition) is 0. The molecule has 0 amide bonds. The van der Waals surface area contributed by atoms with Crippen LogP contribution < -0.4 is 0 Å². The van der Waals surface area contributed by atoms with E-state index >= 15 is 0 Å². The molecular weight excluding hydrogens is 256 g/mol. The van der Waals surface area contributed by atoms with E-state index < -0.39 is 8.80 Å². The zero-order valence-corrected chi connectivity index (χ0v) is 13.1. The quantitative estimate of drug-likeness (QED) is 0.349. The summed E-state index contributed by atoms with van der Waals surface area (Å²) in [5.41, 5.74) is 0. The van der Waals surface area contributed by atoms with Crippen LogP contribution in [0.2, 0.25) is 6.04 Å². The Balaban J connectivity index is 4.18. The lowest BCUT2D eigenvalue weighted by Gasteiger charge is -2.28. The summed E-state index contributed by atoms with van der Waals surface area (Å²) >= 11 is 4.85. The molecule has 0 aliphatic heterocycles. The van der Waals surface area contributed by atoms with E-state index in [2.05, 4.69) is 0 Å². The van der Waals surface area contributed by atoms with E-state index in [0.29, 0.717) is 31.5 Å². The number of ether oxygens (including phenoxy) is 1. The molecular formula is C11H24O4SSi. The second-order valence-corrected chi connectivity index (χ2v) is 6.73. The summed E-state index contributed by atoms with van der Waals surface area (Å²) in [5.74, 6) is 0. The molecule has 0 radical (unpaired) electrons. The van der Waals surface area contributed by atoms with Crippen LogP contribution in [-0.4, -0.2) is 40.3 Å². The fourth-order valence-corrected chi connectivity index (χ4v) is 4.17. The number of hydrogen-bond acceptors (Lipinski definition) is 5. The van der Waals surface area contributed by atoms with Gasteiger partial charge in [0.1, 0.15) is 0 Å². The maximum absolute atomic E-state index is 5.72. The summed E-state index contributed by atoms with van der Waals surface area (Å²) in [6.45, 7) is 10.1. The Morgan fingerprint density at radius 3 is 1.82 bits per heavy atom. The second kappa shape index (κ2) is 9.96. The molecule has 0 aromatic heterocycles. The van der Waals surface area contributed by atoms with E-state index in [-0.39, 0.29) is 0 Å². The molecule has 0 saturated heterocycles. The zero-order valence-electron chi connectivity index (χ0n) is 11.3. The highest BCUT2D eigenvalue weighted by Crippen LogP contribution is 2.18. The van der Waals surface area contributed by atoms with Crippen molar-refractivity contribution in [2.24, 2.45) is 0 Å². The summed E-state index contributed by atoms with van der Waals surface area (Å²) in [4.78, 5) is 0. The second-order valence-electron chi connectivity index (χ2n) is 3.43. The Kier molecular flexibility index (Phi) is 9.95. The van der Waals surface area contributed by atoms with E-state index in [1.54, 1.807) is 6.92 Å². The number of rotatable bonds is 10. The monoisotopic (exact) mass is 280 g/mol. The average molecular weight is 280 g/mol. The summed E-state index contributed by atoms with van der Waals surface area (Å²) in [6, 6.07) is 0.769. The first-order valence-electron chi connectivity index (χ1n) is 6.15. The van der Waals surface area contributed by atoms with Gasteiger partial charge in [0.2, 0.25) is 0 Å². The molecule has 0 N–H and O–H groups in total. The van der Waals surface area contributed by atoms with Gasteiger partial charge in [-0.3, -0.25) is 0 Å². The Bertz CT molecular complexity index is 197. The van der Waals surface area contributed by atoms with Gasteiger partial charge in [-0.15, -0.1) is 0 Å². The first-order chi connectivity index (χ1) is 8.10. The lowest BCUT2D eigenvalue weighted by molar-refractivity contribution is 0.0695. The lowest BCUT2D eigenvalue weighted by Crippen LogP contribution is -2.46. The molecule has 0 aliphatic rings. The molecule has 0 rings (SSSR count). The molecule has 0 bridgehead atoms. The highest BCUT2D eigenvalue weighted by Gasteiger charge is 2.39. The molecule has 0 saturated carbocycles. The van der Waals surface area contributed by atoms with Crippen LogP contribution in [0, 0.1) is 0 Å². The zero-order chi connectivity index (χ0) is 13.1. The van der Waals surface area contributed by atoms with Crippen molar-refractivity contribution in [1.29, 1.82) is 0 Å². The van der Waals surface area contributed by atoms with Gasteiger partial charge in [0.25, 0.3) is 0 Å². The van der Waals surface area contributed by atoms with Gasteiger partial charge >= 0.3 is 8.80 Å². The molecule has 0 heterocycles. The molecule has 0 aromatic carbocycles. The molecule has 6 heteroatoms. The van der Waals surface area contributed by atoms with Gasteiger partial charge in [-0.25, -0.2) is 0 Å². The Hall–Kier alpha value is -0.0131. The molecule has 0 atom stereocenters. The third kappa shape index (κ3) is 7.83. The van der Waals surface area contributed by atoms with Crippen LogP contribution in [0.5, 0.6) is 0 Å². The molecule has 0 fully saturated rings. The first kappa shape index (κ1) is 17.0. The van der Waals surface area contributed by atoms with Crippen molar-refractivity contribution in [2.75, 3.05) is 26.4 Å². The van der Waals surface area contributed by atoms with Gasteiger partial charge in [0, 0.05) is 32.8 Å². The molecule has 0 aromatic rings. The Labute approximate surface area is 111 Å². The maximum Gasteiger partial charge on any atom is 0.501 e. The minimum absolute atomic E-state index is 0.571. The average Bonchev–Trinajstić information content (AvgIpc) is 2.25. The molecule has 0 spiro atoms. The van der Waals surface area contributed by atoms with Gasteiger partial charge in [-0.2, -0.15) is 0 Å². The van der Waals surface area contributed by atoms with E-state index in [1.165, 1.54) is 0 Å². The van der Waals surface area contributed by atoms with Crippen LogP contribution >= 0.6 is 12.2 Å². The van der Waals surface area contributed by atoms with Gasteiger partial charge < -0.3 is 18.0 Å². The molecule has 0 unspecified atom stereocenters. The van der Waals surface area contributed by atoms with Gasteiger partial charge in [0.15, 0.2) is 5.05 Å². The van der Waals surface area contributed by atoms with Crippen LogP contribution in [0.15, 0.2) is 0 Å². The van der Waals surface area contributed by atoms with Crippen molar-refractivity contribution >= 4 is 26.1 Å². The summed E-state index contributed by atoms with van der Waals surface area (Å²) in [5, 5.41) is 0.571. The van der Waals surface area contributed by atoms with Crippen LogP contribution in [-0.2, 0) is 18.0 Å². The first-order valence-corrected chi connectivity index (χ1v) is 8.49. The Morgan fingerprint density at radius 1 is 1.00 bits per heavy atom. The van der Waals surface area contributed by atoms with Crippen LogP contribution in [0.25, 0.3) is 0 Å². The van der Waals surface area contributed by atoms with Crippen molar-refractivity contribution in [2.45, 2.75) is 40.2 Å². The van der Waals surface area contributed by atoms with Gasteiger partial charge in [-0.05, 0) is 39.4 Å². The Morgan fingerprint density at radius 2 is 1.47 bits per heavy atom. The van der Waals surface area contributed by atoms with Gasteiger partial charge in [0.05, 0.1) is 6.61 Å². The van der Waals surface area contributed by atoms with Gasteiger partial charge in [-0.1, -0.05) is 0 Å².